The van der Waals surface area contributed by atoms with E-state index in [1.165, 1.54) is 0 Å². The lowest BCUT2D eigenvalue weighted by molar-refractivity contribution is -0.255. The van der Waals surface area contributed by atoms with E-state index in [0.717, 1.165) is 5.56 Å². The molecule has 20 heavy (non-hydrogen) atoms. The molecule has 1 heterocycles. The fraction of sp³-hybridized carbons (Fsp3) is 0.294. The standard InChI is InChI=1S/C17H20O3/c1-4-14(5-2)19-16-12-18-17(20-15(16)6-3)13-10-8-7-9-11-13/h4-11,14-17H,1-3,12H2/t15-,16+,17+/m0/s1. The quantitative estimate of drug-likeness (QED) is 0.743. The van der Waals surface area contributed by atoms with E-state index in [1.54, 1.807) is 18.2 Å². The third-order valence-electron chi connectivity index (χ3n) is 3.16. The molecule has 3 heteroatoms. The van der Waals surface area contributed by atoms with Crippen molar-refractivity contribution in [2.45, 2.75) is 24.6 Å². The Morgan fingerprint density at radius 1 is 1.15 bits per heavy atom. The summed E-state index contributed by atoms with van der Waals surface area (Å²) in [6.07, 6.45) is 4.08. The molecular weight excluding hydrogens is 252 g/mol. The molecule has 3 nitrogen and oxygen atoms in total. The van der Waals surface area contributed by atoms with Crippen LogP contribution >= 0.6 is 0 Å². The van der Waals surface area contributed by atoms with Crippen molar-refractivity contribution in [3.05, 3.63) is 73.9 Å². The van der Waals surface area contributed by atoms with Gasteiger partial charge in [0.15, 0.2) is 6.29 Å². The van der Waals surface area contributed by atoms with Crippen LogP contribution in [-0.4, -0.2) is 24.9 Å². The molecule has 3 atom stereocenters. The van der Waals surface area contributed by atoms with Crippen molar-refractivity contribution in [1.82, 2.24) is 0 Å². The Morgan fingerprint density at radius 2 is 1.85 bits per heavy atom. The van der Waals surface area contributed by atoms with Gasteiger partial charge >= 0.3 is 0 Å². The van der Waals surface area contributed by atoms with Gasteiger partial charge in [-0.15, -0.1) is 19.7 Å². The SMILES string of the molecule is C=CC(C=C)O[C@@H]1CO[C@@H](c2ccccc2)O[C@H]1C=C. The van der Waals surface area contributed by atoms with Gasteiger partial charge in [0, 0.05) is 5.56 Å². The Bertz CT molecular complexity index is 447. The second-order valence-electron chi connectivity index (χ2n) is 4.52. The molecule has 1 fully saturated rings. The molecule has 2 rings (SSSR count). The van der Waals surface area contributed by atoms with Gasteiger partial charge in [0.25, 0.3) is 0 Å². The average Bonchev–Trinajstić information content (AvgIpc) is 2.53. The molecule has 0 bridgehead atoms. The van der Waals surface area contributed by atoms with Crippen LogP contribution in [0, 0.1) is 0 Å². The van der Waals surface area contributed by atoms with Crippen molar-refractivity contribution >= 4 is 0 Å². The van der Waals surface area contributed by atoms with Crippen LogP contribution in [0.2, 0.25) is 0 Å². The van der Waals surface area contributed by atoms with Crippen molar-refractivity contribution < 1.29 is 14.2 Å². The van der Waals surface area contributed by atoms with E-state index in [-0.39, 0.29) is 24.6 Å². The van der Waals surface area contributed by atoms with Gasteiger partial charge in [0.05, 0.1) is 12.7 Å². The first-order valence-corrected chi connectivity index (χ1v) is 6.63. The zero-order valence-corrected chi connectivity index (χ0v) is 11.5. The normalized spacial score (nSPS) is 26.1. The lowest BCUT2D eigenvalue weighted by atomic mass is 10.1. The largest absolute Gasteiger partial charge is 0.361 e. The molecular formula is C17H20O3. The minimum Gasteiger partial charge on any atom is -0.361 e. The molecule has 0 amide bonds. The fourth-order valence-electron chi connectivity index (χ4n) is 2.06. The van der Waals surface area contributed by atoms with Crippen molar-refractivity contribution in [3.8, 4) is 0 Å². The number of rotatable bonds is 6. The Balaban J connectivity index is 2.02. The Hall–Kier alpha value is -1.68. The minimum absolute atomic E-state index is 0.214. The fourth-order valence-corrected chi connectivity index (χ4v) is 2.06. The van der Waals surface area contributed by atoms with Crippen molar-refractivity contribution in [2.75, 3.05) is 6.61 Å². The van der Waals surface area contributed by atoms with Crippen LogP contribution in [0.25, 0.3) is 0 Å². The highest BCUT2D eigenvalue weighted by molar-refractivity contribution is 5.16. The zero-order valence-electron chi connectivity index (χ0n) is 11.5. The number of benzene rings is 1. The maximum absolute atomic E-state index is 5.89. The van der Waals surface area contributed by atoms with E-state index in [2.05, 4.69) is 19.7 Å². The topological polar surface area (TPSA) is 27.7 Å². The third kappa shape index (κ3) is 3.45. The van der Waals surface area contributed by atoms with Gasteiger partial charge in [0.1, 0.15) is 12.2 Å². The summed E-state index contributed by atoms with van der Waals surface area (Å²) >= 11 is 0. The van der Waals surface area contributed by atoms with Gasteiger partial charge in [-0.1, -0.05) is 48.6 Å². The van der Waals surface area contributed by atoms with Gasteiger partial charge in [-0.25, -0.2) is 0 Å². The van der Waals surface area contributed by atoms with Gasteiger partial charge in [-0.3, -0.25) is 0 Å². The van der Waals surface area contributed by atoms with Gasteiger partial charge < -0.3 is 14.2 Å². The van der Waals surface area contributed by atoms with E-state index in [4.69, 9.17) is 14.2 Å². The van der Waals surface area contributed by atoms with E-state index in [0.29, 0.717) is 6.61 Å². The molecule has 0 spiro atoms. The molecule has 1 aliphatic heterocycles. The van der Waals surface area contributed by atoms with Gasteiger partial charge in [-0.05, 0) is 0 Å². The summed E-state index contributed by atoms with van der Waals surface area (Å²) in [6, 6.07) is 9.82. The van der Waals surface area contributed by atoms with Crippen molar-refractivity contribution in [2.24, 2.45) is 0 Å². The Labute approximate surface area is 120 Å². The van der Waals surface area contributed by atoms with Gasteiger partial charge in [-0.2, -0.15) is 0 Å². The van der Waals surface area contributed by atoms with Gasteiger partial charge in [0.2, 0.25) is 0 Å². The molecule has 0 aliphatic carbocycles. The summed E-state index contributed by atoms with van der Waals surface area (Å²) in [5.41, 5.74) is 0.988. The average molecular weight is 272 g/mol. The summed E-state index contributed by atoms with van der Waals surface area (Å²) in [5, 5.41) is 0. The summed E-state index contributed by atoms with van der Waals surface area (Å²) < 4.78 is 17.4. The Kier molecular flexibility index (Phi) is 5.30. The van der Waals surface area contributed by atoms with Crippen LogP contribution in [0.5, 0.6) is 0 Å². The maximum atomic E-state index is 5.89. The van der Waals surface area contributed by atoms with Crippen LogP contribution in [0.4, 0.5) is 0 Å². The molecule has 1 aliphatic rings. The zero-order chi connectivity index (χ0) is 14.4. The highest BCUT2D eigenvalue weighted by Crippen LogP contribution is 2.28. The summed E-state index contributed by atoms with van der Waals surface area (Å²) in [7, 11) is 0. The number of hydrogen-bond donors (Lipinski definition) is 0. The number of hydrogen-bond acceptors (Lipinski definition) is 3. The minimum atomic E-state index is -0.384. The third-order valence-corrected chi connectivity index (χ3v) is 3.16. The highest BCUT2D eigenvalue weighted by Gasteiger charge is 2.32. The monoisotopic (exact) mass is 272 g/mol. The molecule has 0 N–H and O–H groups in total. The number of ether oxygens (including phenoxy) is 3. The van der Waals surface area contributed by atoms with Crippen LogP contribution in [-0.2, 0) is 14.2 Å². The molecule has 0 radical (unpaired) electrons. The van der Waals surface area contributed by atoms with E-state index in [9.17, 15) is 0 Å². The van der Waals surface area contributed by atoms with Crippen molar-refractivity contribution in [3.63, 3.8) is 0 Å². The molecule has 106 valence electrons. The lowest BCUT2D eigenvalue weighted by Crippen LogP contribution is -2.42. The summed E-state index contributed by atoms with van der Waals surface area (Å²) in [4.78, 5) is 0. The van der Waals surface area contributed by atoms with E-state index >= 15 is 0 Å². The van der Waals surface area contributed by atoms with Crippen LogP contribution in [0.15, 0.2) is 68.3 Å². The molecule has 1 aromatic carbocycles. The first-order valence-electron chi connectivity index (χ1n) is 6.63. The lowest BCUT2D eigenvalue weighted by Gasteiger charge is -2.36. The van der Waals surface area contributed by atoms with Crippen LogP contribution < -0.4 is 0 Å². The predicted molar refractivity (Wildman–Crippen MR) is 79.3 cm³/mol. The summed E-state index contributed by atoms with van der Waals surface area (Å²) in [5.74, 6) is 0. The second-order valence-corrected chi connectivity index (χ2v) is 4.52. The molecule has 0 aromatic heterocycles. The maximum Gasteiger partial charge on any atom is 0.184 e. The summed E-state index contributed by atoms with van der Waals surface area (Å²) in [6.45, 7) is 11.7. The molecule has 0 unspecified atom stereocenters. The Morgan fingerprint density at radius 3 is 2.45 bits per heavy atom. The molecule has 1 aromatic rings. The van der Waals surface area contributed by atoms with Crippen LogP contribution in [0.1, 0.15) is 11.9 Å². The molecule has 1 saturated heterocycles. The second kappa shape index (κ2) is 7.20. The highest BCUT2D eigenvalue weighted by atomic mass is 16.7. The van der Waals surface area contributed by atoms with Crippen LogP contribution in [0.3, 0.4) is 0 Å². The van der Waals surface area contributed by atoms with E-state index in [1.807, 2.05) is 30.3 Å². The first kappa shape index (κ1) is 14.7. The molecule has 0 saturated carbocycles. The first-order chi connectivity index (χ1) is 9.78. The van der Waals surface area contributed by atoms with Crippen molar-refractivity contribution in [1.29, 1.82) is 0 Å². The van der Waals surface area contributed by atoms with E-state index < -0.39 is 0 Å². The predicted octanol–water partition coefficient (Wildman–Crippen LogP) is 3.41. The smallest absolute Gasteiger partial charge is 0.184 e.